The highest BCUT2D eigenvalue weighted by atomic mass is 32.2. The number of ether oxygens (including phenoxy) is 1. The number of rotatable bonds is 5. The van der Waals surface area contributed by atoms with Crippen LogP contribution in [0, 0.1) is 18.6 Å². The van der Waals surface area contributed by atoms with Crippen molar-refractivity contribution in [1.29, 1.82) is 0 Å². The zero-order valence-corrected chi connectivity index (χ0v) is 15.1. The van der Waals surface area contributed by atoms with E-state index in [2.05, 4.69) is 0 Å². The Morgan fingerprint density at radius 2 is 1.69 bits per heavy atom. The lowest BCUT2D eigenvalue weighted by atomic mass is 10.1. The molecule has 8 heteroatoms. The van der Waals surface area contributed by atoms with Crippen molar-refractivity contribution in [3.05, 3.63) is 64.7 Å². The van der Waals surface area contributed by atoms with Crippen LogP contribution in [-0.4, -0.2) is 32.5 Å². The fourth-order valence-corrected chi connectivity index (χ4v) is 2.86. The molecule has 0 aliphatic rings. The molecule has 26 heavy (non-hydrogen) atoms. The van der Waals surface area contributed by atoms with Gasteiger partial charge < -0.3 is 4.74 Å². The Morgan fingerprint density at radius 3 is 2.27 bits per heavy atom. The molecule has 0 aromatic heterocycles. The summed E-state index contributed by atoms with van der Waals surface area (Å²) < 4.78 is 54.5. The smallest absolute Gasteiger partial charge is 0.339 e. The minimum atomic E-state index is -3.52. The lowest BCUT2D eigenvalue weighted by Crippen LogP contribution is -2.25. The zero-order valence-electron chi connectivity index (χ0n) is 14.2. The number of carbonyl (C=O) groups is 2. The Hall–Kier alpha value is -2.61. The molecule has 5 nitrogen and oxygen atoms in total. The average molecular weight is 382 g/mol. The van der Waals surface area contributed by atoms with Gasteiger partial charge in [-0.1, -0.05) is 6.07 Å². The fourth-order valence-electron chi connectivity index (χ4n) is 2.21. The number of benzene rings is 2. The molecule has 0 radical (unpaired) electrons. The van der Waals surface area contributed by atoms with Crippen molar-refractivity contribution in [1.82, 2.24) is 0 Å². The Balaban J connectivity index is 2.23. The summed E-state index contributed by atoms with van der Waals surface area (Å²) >= 11 is 0. The van der Waals surface area contributed by atoms with Crippen LogP contribution in [0.3, 0.4) is 0 Å². The molecular formula is C18H16F2O5S. The second-order valence-corrected chi connectivity index (χ2v) is 7.81. The first-order chi connectivity index (χ1) is 12.0. The largest absolute Gasteiger partial charge is 0.451 e. The molecule has 138 valence electrons. The number of hydrogen-bond donors (Lipinski definition) is 0. The molecule has 0 aliphatic heterocycles. The molecule has 0 bridgehead atoms. The number of Topliss-reactive ketones (excluding diaryl/α,β-unsaturated/α-hetero) is 1. The van der Waals surface area contributed by atoms with Gasteiger partial charge in [-0.3, -0.25) is 4.79 Å². The minimum absolute atomic E-state index is 0.00198. The first-order valence-electron chi connectivity index (χ1n) is 7.51. The third-order valence-corrected chi connectivity index (χ3v) is 4.82. The lowest BCUT2D eigenvalue weighted by Gasteiger charge is -2.14. The van der Waals surface area contributed by atoms with E-state index < -0.39 is 39.3 Å². The molecule has 1 unspecified atom stereocenters. The van der Waals surface area contributed by atoms with Crippen molar-refractivity contribution in [3.8, 4) is 0 Å². The van der Waals surface area contributed by atoms with Crippen LogP contribution in [0.25, 0.3) is 0 Å². The molecule has 0 saturated heterocycles. The highest BCUT2D eigenvalue weighted by Crippen LogP contribution is 2.18. The normalized spacial score (nSPS) is 12.5. The maximum absolute atomic E-state index is 13.2. The van der Waals surface area contributed by atoms with Crippen LogP contribution in [0.5, 0.6) is 0 Å². The molecular weight excluding hydrogens is 366 g/mol. The van der Waals surface area contributed by atoms with Gasteiger partial charge in [0.05, 0.1) is 10.5 Å². The molecule has 0 amide bonds. The van der Waals surface area contributed by atoms with Crippen LogP contribution in [0.4, 0.5) is 8.78 Å². The van der Waals surface area contributed by atoms with E-state index in [0.29, 0.717) is 5.56 Å². The Kier molecular flexibility index (Phi) is 5.56. The molecule has 1 atom stereocenters. The predicted molar refractivity (Wildman–Crippen MR) is 89.9 cm³/mol. The Morgan fingerprint density at radius 1 is 1.04 bits per heavy atom. The van der Waals surface area contributed by atoms with Gasteiger partial charge in [-0.2, -0.15) is 0 Å². The van der Waals surface area contributed by atoms with E-state index in [1.54, 1.807) is 6.92 Å². The summed E-state index contributed by atoms with van der Waals surface area (Å²) in [6, 6.07) is 6.59. The topological polar surface area (TPSA) is 77.5 Å². The highest BCUT2D eigenvalue weighted by molar-refractivity contribution is 7.90. The van der Waals surface area contributed by atoms with E-state index >= 15 is 0 Å². The molecule has 0 fully saturated rings. The number of sulfone groups is 1. The first-order valence-corrected chi connectivity index (χ1v) is 9.41. The molecule has 2 rings (SSSR count). The summed E-state index contributed by atoms with van der Waals surface area (Å²) in [4.78, 5) is 24.5. The van der Waals surface area contributed by atoms with Crippen LogP contribution in [0.2, 0.25) is 0 Å². The first kappa shape index (κ1) is 19.7. The molecule has 0 heterocycles. The number of ketones is 1. The highest BCUT2D eigenvalue weighted by Gasteiger charge is 2.23. The van der Waals surface area contributed by atoms with Gasteiger partial charge in [0.2, 0.25) is 5.78 Å². The van der Waals surface area contributed by atoms with Crippen LogP contribution in [-0.2, 0) is 14.6 Å². The van der Waals surface area contributed by atoms with Crippen LogP contribution in [0.1, 0.15) is 33.2 Å². The van der Waals surface area contributed by atoms with E-state index in [4.69, 9.17) is 4.74 Å². The van der Waals surface area contributed by atoms with Gasteiger partial charge >= 0.3 is 5.97 Å². The molecule has 0 aliphatic carbocycles. The third kappa shape index (κ3) is 4.32. The van der Waals surface area contributed by atoms with Gasteiger partial charge in [-0.05, 0) is 49.7 Å². The summed E-state index contributed by atoms with van der Waals surface area (Å²) in [5, 5.41) is 0. The van der Waals surface area contributed by atoms with E-state index in [9.17, 15) is 26.8 Å². The maximum Gasteiger partial charge on any atom is 0.339 e. The molecule has 0 spiro atoms. The van der Waals surface area contributed by atoms with Crippen LogP contribution >= 0.6 is 0 Å². The molecule has 0 saturated carbocycles. The number of carbonyl (C=O) groups excluding carboxylic acids is 2. The monoisotopic (exact) mass is 382 g/mol. The Bertz CT molecular complexity index is 983. The van der Waals surface area contributed by atoms with Gasteiger partial charge in [-0.15, -0.1) is 0 Å². The second kappa shape index (κ2) is 7.33. The minimum Gasteiger partial charge on any atom is -0.451 e. The standard InChI is InChI=1S/C18H16F2O5S/c1-10-4-6-13(26(3,23)24)9-14(10)18(22)25-11(2)17(21)12-5-7-15(19)16(20)8-12/h4-9,11H,1-3H3. The summed E-state index contributed by atoms with van der Waals surface area (Å²) in [6.45, 7) is 2.88. The quantitative estimate of drug-likeness (QED) is 0.587. The van der Waals surface area contributed by atoms with Crippen molar-refractivity contribution < 1.29 is 31.5 Å². The SMILES string of the molecule is Cc1ccc(S(C)(=O)=O)cc1C(=O)OC(C)C(=O)c1ccc(F)c(F)c1. The van der Waals surface area contributed by atoms with E-state index in [-0.39, 0.29) is 16.0 Å². The van der Waals surface area contributed by atoms with Crippen molar-refractivity contribution >= 4 is 21.6 Å². The number of esters is 1. The summed E-state index contributed by atoms with van der Waals surface area (Å²) in [5.41, 5.74) is 0.318. The van der Waals surface area contributed by atoms with E-state index in [1.165, 1.54) is 25.1 Å². The second-order valence-electron chi connectivity index (χ2n) is 5.79. The Labute approximate surface area is 149 Å². The number of hydrogen-bond acceptors (Lipinski definition) is 5. The predicted octanol–water partition coefficient (Wildman–Crippen LogP) is 3.10. The molecule has 2 aromatic carbocycles. The van der Waals surface area contributed by atoms with Gasteiger partial charge in [0.25, 0.3) is 0 Å². The van der Waals surface area contributed by atoms with Crippen LogP contribution < -0.4 is 0 Å². The van der Waals surface area contributed by atoms with Gasteiger partial charge in [0.1, 0.15) is 0 Å². The van der Waals surface area contributed by atoms with E-state index in [0.717, 1.165) is 24.5 Å². The molecule has 0 N–H and O–H groups in total. The summed E-state index contributed by atoms with van der Waals surface area (Å²) in [5.74, 6) is -3.89. The van der Waals surface area contributed by atoms with Crippen molar-refractivity contribution in [2.75, 3.05) is 6.26 Å². The summed E-state index contributed by atoms with van der Waals surface area (Å²) in [7, 11) is -3.52. The number of halogens is 2. The van der Waals surface area contributed by atoms with Gasteiger partial charge in [-0.25, -0.2) is 22.0 Å². The van der Waals surface area contributed by atoms with E-state index in [1.807, 2.05) is 0 Å². The van der Waals surface area contributed by atoms with Gasteiger partial charge in [0.15, 0.2) is 27.6 Å². The van der Waals surface area contributed by atoms with Gasteiger partial charge in [0, 0.05) is 11.8 Å². The summed E-state index contributed by atoms with van der Waals surface area (Å²) in [6.07, 6.45) is -0.268. The lowest BCUT2D eigenvalue weighted by molar-refractivity contribution is 0.0317. The van der Waals surface area contributed by atoms with Crippen LogP contribution in [0.15, 0.2) is 41.3 Å². The van der Waals surface area contributed by atoms with Crippen molar-refractivity contribution in [2.24, 2.45) is 0 Å². The zero-order chi connectivity index (χ0) is 19.6. The maximum atomic E-state index is 13.2. The third-order valence-electron chi connectivity index (χ3n) is 3.71. The fraction of sp³-hybridized carbons (Fsp3) is 0.222. The molecule has 2 aromatic rings. The van der Waals surface area contributed by atoms with Crippen molar-refractivity contribution in [3.63, 3.8) is 0 Å². The number of aryl methyl sites for hydroxylation is 1. The average Bonchev–Trinajstić information content (AvgIpc) is 2.55. The van der Waals surface area contributed by atoms with Crippen molar-refractivity contribution in [2.45, 2.75) is 24.8 Å².